The van der Waals surface area contributed by atoms with Crippen LogP contribution < -0.4 is 11.1 Å². The molecule has 1 fully saturated rings. The zero-order valence-electron chi connectivity index (χ0n) is 16.1. The van der Waals surface area contributed by atoms with Crippen molar-refractivity contribution < 1.29 is 14.4 Å². The van der Waals surface area contributed by atoms with E-state index in [9.17, 15) is 14.4 Å². The summed E-state index contributed by atoms with van der Waals surface area (Å²) in [6.45, 7) is 4.99. The Kier molecular flexibility index (Phi) is 8.72. The first-order chi connectivity index (χ1) is 12.3. The molecule has 1 aliphatic heterocycles. The second-order valence-corrected chi connectivity index (χ2v) is 7.02. The topological polar surface area (TPSA) is 95.7 Å². The fourth-order valence-electron chi connectivity index (χ4n) is 2.84. The molecule has 1 heterocycles. The number of rotatable bonds is 8. The van der Waals surface area contributed by atoms with Crippen LogP contribution in [0.5, 0.6) is 0 Å². The van der Waals surface area contributed by atoms with Gasteiger partial charge < -0.3 is 16.0 Å². The first kappa shape index (κ1) is 22.9. The minimum Gasteiger partial charge on any atom is -0.354 e. The van der Waals surface area contributed by atoms with Crippen LogP contribution >= 0.6 is 12.4 Å². The molecule has 4 amide bonds. The first-order valence-corrected chi connectivity index (χ1v) is 8.97. The molecule has 0 saturated carbocycles. The monoisotopic (exact) mass is 396 g/mol. The zero-order chi connectivity index (χ0) is 19.3. The number of imide groups is 1. The standard InChI is InChI=1S/C19H28N4O3.ClH/c1-13(2)14-6-8-15(9-7-14)16(20)11-21-17(24)5-4-10-23-18(25)12-22(3)19(23)26;/h6-9,13,16H,4-5,10-12,20H2,1-3H3,(H,21,24);1H. The summed E-state index contributed by atoms with van der Waals surface area (Å²) in [4.78, 5) is 37.9. The highest BCUT2D eigenvalue weighted by atomic mass is 35.5. The molecule has 0 spiro atoms. The minimum atomic E-state index is -0.303. The Balaban J connectivity index is 0.00000364. The minimum absolute atomic E-state index is 0. The number of hydrogen-bond acceptors (Lipinski definition) is 4. The second-order valence-electron chi connectivity index (χ2n) is 7.02. The fraction of sp³-hybridized carbons (Fsp3) is 0.526. The molecule has 8 heteroatoms. The van der Waals surface area contributed by atoms with Gasteiger partial charge in [0, 0.05) is 32.6 Å². The molecule has 7 nitrogen and oxygen atoms in total. The van der Waals surface area contributed by atoms with Gasteiger partial charge in [-0.3, -0.25) is 14.5 Å². The van der Waals surface area contributed by atoms with Gasteiger partial charge in [0.05, 0.1) is 0 Å². The van der Waals surface area contributed by atoms with Gasteiger partial charge in [-0.05, 0) is 23.5 Å². The predicted molar refractivity (Wildman–Crippen MR) is 107 cm³/mol. The molecule has 1 aromatic rings. The predicted octanol–water partition coefficient (Wildman–Crippen LogP) is 2.02. The van der Waals surface area contributed by atoms with E-state index < -0.39 is 0 Å². The number of nitrogens with one attached hydrogen (secondary N) is 1. The van der Waals surface area contributed by atoms with E-state index in [1.165, 1.54) is 15.4 Å². The Morgan fingerprint density at radius 1 is 1.19 bits per heavy atom. The SMILES string of the molecule is CC(C)c1ccc(C(N)CNC(=O)CCCN2C(=O)CN(C)C2=O)cc1.Cl. The third-order valence-electron chi connectivity index (χ3n) is 4.57. The average Bonchev–Trinajstić information content (AvgIpc) is 2.85. The highest BCUT2D eigenvalue weighted by Crippen LogP contribution is 2.17. The number of halogens is 1. The van der Waals surface area contributed by atoms with E-state index in [1.807, 2.05) is 12.1 Å². The zero-order valence-corrected chi connectivity index (χ0v) is 16.9. The van der Waals surface area contributed by atoms with E-state index in [0.717, 1.165) is 5.56 Å². The summed E-state index contributed by atoms with van der Waals surface area (Å²) in [5, 5.41) is 2.81. The maximum atomic E-state index is 12.0. The van der Waals surface area contributed by atoms with E-state index in [0.29, 0.717) is 18.9 Å². The molecule has 1 unspecified atom stereocenters. The lowest BCUT2D eigenvalue weighted by molar-refractivity contribution is -0.126. The lowest BCUT2D eigenvalue weighted by Crippen LogP contribution is -2.34. The van der Waals surface area contributed by atoms with Gasteiger partial charge in [0.25, 0.3) is 0 Å². The van der Waals surface area contributed by atoms with Crippen LogP contribution in [0.1, 0.15) is 49.8 Å². The van der Waals surface area contributed by atoms with Crippen LogP contribution in [0.3, 0.4) is 0 Å². The quantitative estimate of drug-likeness (QED) is 0.657. The van der Waals surface area contributed by atoms with Crippen LogP contribution in [0.4, 0.5) is 4.79 Å². The summed E-state index contributed by atoms with van der Waals surface area (Å²) in [5.41, 5.74) is 8.36. The lowest BCUT2D eigenvalue weighted by atomic mass is 9.99. The van der Waals surface area contributed by atoms with Gasteiger partial charge in [0.2, 0.25) is 11.8 Å². The summed E-state index contributed by atoms with van der Waals surface area (Å²) >= 11 is 0. The van der Waals surface area contributed by atoms with Gasteiger partial charge in [-0.15, -0.1) is 12.4 Å². The normalized spacial score (nSPS) is 15.1. The Morgan fingerprint density at radius 3 is 2.30 bits per heavy atom. The van der Waals surface area contributed by atoms with Crippen molar-refractivity contribution in [3.05, 3.63) is 35.4 Å². The molecule has 1 saturated heterocycles. The summed E-state index contributed by atoms with van der Waals surface area (Å²) < 4.78 is 0. The number of carbonyl (C=O) groups is 3. The van der Waals surface area contributed by atoms with Crippen molar-refractivity contribution in [3.8, 4) is 0 Å². The Hall–Kier alpha value is -2.12. The first-order valence-electron chi connectivity index (χ1n) is 8.97. The summed E-state index contributed by atoms with van der Waals surface area (Å²) in [6.07, 6.45) is 0.690. The van der Waals surface area contributed by atoms with Crippen LogP contribution in [0.2, 0.25) is 0 Å². The van der Waals surface area contributed by atoms with Crippen LogP contribution in [0, 0.1) is 0 Å². The van der Waals surface area contributed by atoms with Crippen molar-refractivity contribution in [1.29, 1.82) is 0 Å². The van der Waals surface area contributed by atoms with Crippen molar-refractivity contribution in [2.24, 2.45) is 5.73 Å². The smallest absolute Gasteiger partial charge is 0.326 e. The van der Waals surface area contributed by atoms with Gasteiger partial charge in [0.1, 0.15) is 6.54 Å². The van der Waals surface area contributed by atoms with Crippen molar-refractivity contribution >= 4 is 30.3 Å². The van der Waals surface area contributed by atoms with Gasteiger partial charge in [0.15, 0.2) is 0 Å². The molecular formula is C19H29ClN4O3. The van der Waals surface area contributed by atoms with Crippen molar-refractivity contribution in [2.75, 3.05) is 26.7 Å². The van der Waals surface area contributed by atoms with Crippen LogP contribution in [0.15, 0.2) is 24.3 Å². The number of likely N-dealkylation sites (N-methyl/N-ethyl adjacent to an activating group) is 1. The highest BCUT2D eigenvalue weighted by molar-refractivity contribution is 6.01. The fourth-order valence-corrected chi connectivity index (χ4v) is 2.84. The number of nitrogens with zero attached hydrogens (tertiary/aromatic N) is 2. The third kappa shape index (κ3) is 6.22. The maximum Gasteiger partial charge on any atom is 0.326 e. The second kappa shape index (κ2) is 10.3. The number of nitrogens with two attached hydrogens (primary N) is 1. The molecule has 1 atom stereocenters. The molecule has 0 radical (unpaired) electrons. The summed E-state index contributed by atoms with van der Waals surface area (Å²) in [5.74, 6) is 0.116. The van der Waals surface area contributed by atoms with Crippen molar-refractivity contribution in [2.45, 2.75) is 38.6 Å². The number of carbonyl (C=O) groups excluding carboxylic acids is 3. The molecule has 1 aliphatic rings. The number of hydrogen-bond donors (Lipinski definition) is 2. The summed E-state index contributed by atoms with van der Waals surface area (Å²) in [6, 6.07) is 7.53. The molecule has 27 heavy (non-hydrogen) atoms. The van der Waals surface area contributed by atoms with E-state index in [-0.39, 0.29) is 55.8 Å². The Labute approximate surface area is 166 Å². The van der Waals surface area contributed by atoms with Gasteiger partial charge in [-0.25, -0.2) is 4.79 Å². The van der Waals surface area contributed by atoms with Gasteiger partial charge >= 0.3 is 6.03 Å². The Bertz CT molecular complexity index is 663. The number of urea groups is 1. The lowest BCUT2D eigenvalue weighted by Gasteiger charge is -2.16. The van der Waals surface area contributed by atoms with Crippen LogP contribution in [0.25, 0.3) is 0 Å². The van der Waals surface area contributed by atoms with Gasteiger partial charge in [-0.2, -0.15) is 0 Å². The molecule has 0 bridgehead atoms. The number of benzene rings is 1. The molecule has 0 aromatic heterocycles. The van der Waals surface area contributed by atoms with Crippen LogP contribution in [-0.4, -0.2) is 54.3 Å². The van der Waals surface area contributed by atoms with Crippen molar-refractivity contribution in [1.82, 2.24) is 15.1 Å². The maximum absolute atomic E-state index is 12.0. The Morgan fingerprint density at radius 2 is 1.78 bits per heavy atom. The molecular weight excluding hydrogens is 368 g/mol. The molecule has 3 N–H and O–H groups in total. The molecule has 2 rings (SSSR count). The van der Waals surface area contributed by atoms with Gasteiger partial charge in [-0.1, -0.05) is 38.1 Å². The highest BCUT2D eigenvalue weighted by Gasteiger charge is 2.32. The number of amides is 4. The van der Waals surface area contributed by atoms with E-state index >= 15 is 0 Å². The molecule has 150 valence electrons. The van der Waals surface area contributed by atoms with E-state index in [1.54, 1.807) is 7.05 Å². The van der Waals surface area contributed by atoms with Crippen molar-refractivity contribution in [3.63, 3.8) is 0 Å². The average molecular weight is 397 g/mol. The third-order valence-corrected chi connectivity index (χ3v) is 4.57. The summed E-state index contributed by atoms with van der Waals surface area (Å²) in [7, 11) is 1.59. The largest absolute Gasteiger partial charge is 0.354 e. The van der Waals surface area contributed by atoms with E-state index in [4.69, 9.17) is 5.73 Å². The molecule has 0 aliphatic carbocycles. The molecule has 1 aromatic carbocycles. The van der Waals surface area contributed by atoms with Crippen LogP contribution in [-0.2, 0) is 9.59 Å². The van der Waals surface area contributed by atoms with E-state index in [2.05, 4.69) is 31.3 Å².